The number of amides is 1. The van der Waals surface area contributed by atoms with Crippen molar-refractivity contribution in [2.24, 2.45) is 0 Å². The number of aromatic amines is 1. The Morgan fingerprint density at radius 2 is 1.63 bits per heavy atom. The van der Waals surface area contributed by atoms with Crippen molar-refractivity contribution in [1.29, 1.82) is 0 Å². The number of pyridine rings is 1. The van der Waals surface area contributed by atoms with Crippen LogP contribution in [0.25, 0.3) is 33.5 Å². The number of hydrogen-bond acceptors (Lipinski definition) is 4. The fourth-order valence-corrected chi connectivity index (χ4v) is 5.33. The molecule has 2 aromatic carbocycles. The second kappa shape index (κ2) is 9.06. The minimum atomic E-state index is -0.961. The van der Waals surface area contributed by atoms with E-state index in [-0.39, 0.29) is 6.04 Å². The Labute approximate surface area is 205 Å². The SMILES string of the molecule is Cc1cc(C)cc(-c2cncc(-c3nc4c(C)cc(C)cc4[nH]3)c2N2CCC(NC(=O)O)CC2)c1. The second-order valence-corrected chi connectivity index (χ2v) is 9.73. The van der Waals surface area contributed by atoms with Gasteiger partial charge in [-0.25, -0.2) is 9.78 Å². The molecule has 4 aromatic rings. The van der Waals surface area contributed by atoms with Crippen LogP contribution >= 0.6 is 0 Å². The van der Waals surface area contributed by atoms with Crippen molar-refractivity contribution < 1.29 is 9.90 Å². The van der Waals surface area contributed by atoms with Gasteiger partial charge in [-0.05, 0) is 63.3 Å². The van der Waals surface area contributed by atoms with Crippen LogP contribution in [0.1, 0.15) is 35.1 Å². The molecule has 0 bridgehead atoms. The number of benzene rings is 2. The second-order valence-electron chi connectivity index (χ2n) is 9.73. The van der Waals surface area contributed by atoms with E-state index in [2.05, 4.69) is 78.2 Å². The van der Waals surface area contributed by atoms with Crippen LogP contribution in [-0.4, -0.2) is 45.3 Å². The van der Waals surface area contributed by atoms with Gasteiger partial charge in [0.2, 0.25) is 0 Å². The highest BCUT2D eigenvalue weighted by Gasteiger charge is 2.26. The summed E-state index contributed by atoms with van der Waals surface area (Å²) in [6, 6.07) is 10.8. The molecule has 2 aromatic heterocycles. The van der Waals surface area contributed by atoms with E-state index in [1.165, 1.54) is 16.7 Å². The van der Waals surface area contributed by atoms with E-state index in [1.54, 1.807) is 0 Å². The number of hydrogen-bond donors (Lipinski definition) is 3. The summed E-state index contributed by atoms with van der Waals surface area (Å²) in [4.78, 5) is 26.7. The molecule has 5 rings (SSSR count). The molecular formula is C28H31N5O2. The Balaban J connectivity index is 1.65. The van der Waals surface area contributed by atoms with Crippen LogP contribution in [0.2, 0.25) is 0 Å². The number of fused-ring (bicyclic) bond motifs is 1. The van der Waals surface area contributed by atoms with Crippen LogP contribution in [0.4, 0.5) is 10.5 Å². The fourth-order valence-electron chi connectivity index (χ4n) is 5.33. The van der Waals surface area contributed by atoms with Crippen molar-refractivity contribution in [3.8, 4) is 22.5 Å². The molecule has 3 N–H and O–H groups in total. The lowest BCUT2D eigenvalue weighted by molar-refractivity contribution is 0.187. The zero-order valence-electron chi connectivity index (χ0n) is 20.6. The van der Waals surface area contributed by atoms with E-state index in [4.69, 9.17) is 10.1 Å². The number of nitrogens with zero attached hydrogens (tertiary/aromatic N) is 3. The van der Waals surface area contributed by atoms with Gasteiger partial charge in [0.1, 0.15) is 5.82 Å². The Morgan fingerprint density at radius 3 is 2.31 bits per heavy atom. The number of rotatable bonds is 4. The number of carboxylic acid groups (broad SMARTS) is 1. The maximum Gasteiger partial charge on any atom is 0.404 e. The van der Waals surface area contributed by atoms with Crippen LogP contribution < -0.4 is 10.2 Å². The summed E-state index contributed by atoms with van der Waals surface area (Å²) < 4.78 is 0. The first-order valence-electron chi connectivity index (χ1n) is 12.1. The molecule has 0 spiro atoms. The molecule has 180 valence electrons. The predicted octanol–water partition coefficient (Wildman–Crippen LogP) is 5.76. The molecule has 1 fully saturated rings. The number of aromatic nitrogens is 3. The molecule has 0 saturated carbocycles. The molecule has 1 aliphatic heterocycles. The summed E-state index contributed by atoms with van der Waals surface area (Å²) in [6.07, 6.45) is 4.37. The standard InChI is InChI=1S/C28H31N5O2/c1-16-9-17(2)12-20(11-16)22-14-29-15-23(26(22)33-7-5-21(6-8-33)30-28(34)35)27-31-24-13-18(3)10-19(4)25(24)32-27/h9-15,21,30H,5-8H2,1-4H3,(H,31,32)(H,34,35). The van der Waals surface area contributed by atoms with Gasteiger partial charge in [0.05, 0.1) is 22.3 Å². The topological polar surface area (TPSA) is 94.1 Å². The van der Waals surface area contributed by atoms with Crippen molar-refractivity contribution in [2.45, 2.75) is 46.6 Å². The summed E-state index contributed by atoms with van der Waals surface area (Å²) in [5.74, 6) is 0.799. The van der Waals surface area contributed by atoms with E-state index in [0.717, 1.165) is 70.7 Å². The summed E-state index contributed by atoms with van der Waals surface area (Å²) in [5.41, 5.74) is 11.0. The van der Waals surface area contributed by atoms with Crippen LogP contribution in [0, 0.1) is 27.7 Å². The molecular weight excluding hydrogens is 438 g/mol. The Morgan fingerprint density at radius 1 is 0.971 bits per heavy atom. The van der Waals surface area contributed by atoms with E-state index in [1.807, 2.05) is 12.4 Å². The number of anilines is 1. The first kappa shape index (κ1) is 22.9. The summed E-state index contributed by atoms with van der Waals surface area (Å²) in [7, 11) is 0. The number of H-pyrrole nitrogens is 1. The van der Waals surface area contributed by atoms with Crippen LogP contribution in [0.15, 0.2) is 42.7 Å². The van der Waals surface area contributed by atoms with Gasteiger partial charge in [0, 0.05) is 37.1 Å². The average molecular weight is 470 g/mol. The van der Waals surface area contributed by atoms with Gasteiger partial charge < -0.3 is 20.3 Å². The number of nitrogens with one attached hydrogen (secondary N) is 2. The molecule has 35 heavy (non-hydrogen) atoms. The zero-order valence-corrected chi connectivity index (χ0v) is 20.6. The van der Waals surface area contributed by atoms with Crippen molar-refractivity contribution in [2.75, 3.05) is 18.0 Å². The molecule has 0 unspecified atom stereocenters. The Hall–Kier alpha value is -3.87. The third-order valence-corrected chi connectivity index (χ3v) is 6.77. The highest BCUT2D eigenvalue weighted by atomic mass is 16.4. The summed E-state index contributed by atoms with van der Waals surface area (Å²) in [5, 5.41) is 11.8. The van der Waals surface area contributed by atoms with Crippen molar-refractivity contribution in [3.05, 3.63) is 65.0 Å². The van der Waals surface area contributed by atoms with Gasteiger partial charge >= 0.3 is 6.09 Å². The molecule has 1 amide bonds. The highest BCUT2D eigenvalue weighted by molar-refractivity contribution is 5.92. The molecule has 1 aliphatic rings. The lowest BCUT2D eigenvalue weighted by Gasteiger charge is -2.35. The zero-order chi connectivity index (χ0) is 24.7. The molecule has 7 nitrogen and oxygen atoms in total. The smallest absolute Gasteiger partial charge is 0.404 e. The molecule has 1 saturated heterocycles. The van der Waals surface area contributed by atoms with Gasteiger partial charge in [-0.2, -0.15) is 0 Å². The van der Waals surface area contributed by atoms with Crippen LogP contribution in [0.5, 0.6) is 0 Å². The number of carbonyl (C=O) groups is 1. The quantitative estimate of drug-likeness (QED) is 0.353. The lowest BCUT2D eigenvalue weighted by Crippen LogP contribution is -2.44. The maximum absolute atomic E-state index is 11.2. The van der Waals surface area contributed by atoms with Gasteiger partial charge in [-0.3, -0.25) is 4.98 Å². The normalized spacial score (nSPS) is 14.5. The first-order valence-corrected chi connectivity index (χ1v) is 12.1. The molecule has 3 heterocycles. The summed E-state index contributed by atoms with van der Waals surface area (Å²) in [6.45, 7) is 9.90. The van der Waals surface area contributed by atoms with Crippen molar-refractivity contribution in [1.82, 2.24) is 20.3 Å². The van der Waals surface area contributed by atoms with E-state index in [0.29, 0.717) is 0 Å². The number of piperidine rings is 1. The predicted molar refractivity (Wildman–Crippen MR) is 140 cm³/mol. The fraction of sp³-hybridized carbons (Fsp3) is 0.321. The summed E-state index contributed by atoms with van der Waals surface area (Å²) >= 11 is 0. The van der Waals surface area contributed by atoms with Gasteiger partial charge in [0.15, 0.2) is 0 Å². The van der Waals surface area contributed by atoms with Crippen LogP contribution in [0.3, 0.4) is 0 Å². The minimum absolute atomic E-state index is 0.0319. The van der Waals surface area contributed by atoms with Crippen molar-refractivity contribution in [3.63, 3.8) is 0 Å². The van der Waals surface area contributed by atoms with Crippen LogP contribution in [-0.2, 0) is 0 Å². The average Bonchev–Trinajstić information content (AvgIpc) is 3.22. The third kappa shape index (κ3) is 4.58. The number of imidazole rings is 1. The minimum Gasteiger partial charge on any atom is -0.465 e. The third-order valence-electron chi connectivity index (χ3n) is 6.77. The van der Waals surface area contributed by atoms with Gasteiger partial charge in [-0.15, -0.1) is 0 Å². The Kier molecular flexibility index (Phi) is 5.93. The Bertz CT molecular complexity index is 1400. The maximum atomic E-state index is 11.2. The van der Waals surface area contributed by atoms with E-state index in [9.17, 15) is 4.79 Å². The molecule has 0 aliphatic carbocycles. The van der Waals surface area contributed by atoms with E-state index < -0.39 is 6.09 Å². The monoisotopic (exact) mass is 469 g/mol. The molecule has 0 radical (unpaired) electrons. The molecule has 0 atom stereocenters. The molecule has 7 heteroatoms. The number of aryl methyl sites for hydroxylation is 4. The van der Waals surface area contributed by atoms with Crippen molar-refractivity contribution >= 4 is 22.8 Å². The van der Waals surface area contributed by atoms with Gasteiger partial charge in [-0.1, -0.05) is 35.4 Å². The largest absolute Gasteiger partial charge is 0.465 e. The highest BCUT2D eigenvalue weighted by Crippen LogP contribution is 2.40. The lowest BCUT2D eigenvalue weighted by atomic mass is 9.96. The van der Waals surface area contributed by atoms with E-state index >= 15 is 0 Å². The van der Waals surface area contributed by atoms with Gasteiger partial charge in [0.25, 0.3) is 0 Å². The first-order chi connectivity index (χ1) is 16.8.